The van der Waals surface area contributed by atoms with Gasteiger partial charge in [-0.1, -0.05) is 43.0 Å². The van der Waals surface area contributed by atoms with Crippen molar-refractivity contribution >= 4 is 34.4 Å². The lowest BCUT2D eigenvalue weighted by Crippen LogP contribution is -2.34. The monoisotopic (exact) mass is 425 g/mol. The third-order valence-electron chi connectivity index (χ3n) is 6.19. The highest BCUT2D eigenvalue weighted by Gasteiger charge is 2.42. The summed E-state index contributed by atoms with van der Waals surface area (Å²) in [4.78, 5) is 8.18. The zero-order valence-corrected chi connectivity index (χ0v) is 18.7. The van der Waals surface area contributed by atoms with Crippen molar-refractivity contribution in [3.63, 3.8) is 0 Å². The summed E-state index contributed by atoms with van der Waals surface area (Å²) in [7, 11) is -0.426. The average Bonchev–Trinajstić information content (AvgIpc) is 3.31. The molecule has 1 aromatic heterocycles. The highest BCUT2D eigenvalue weighted by Crippen LogP contribution is 2.30. The molecule has 1 fully saturated rings. The van der Waals surface area contributed by atoms with Gasteiger partial charge in [0.1, 0.15) is 11.4 Å². The van der Waals surface area contributed by atoms with E-state index in [1.54, 1.807) is 0 Å². The number of aromatic nitrogens is 2. The minimum Gasteiger partial charge on any atom is -0.534 e. The molecule has 3 N–H and O–H groups in total. The van der Waals surface area contributed by atoms with Crippen LogP contribution in [-0.2, 0) is 15.7 Å². The van der Waals surface area contributed by atoms with Gasteiger partial charge >= 0.3 is 7.12 Å². The lowest BCUT2D eigenvalue weighted by atomic mass is 9.78. The molecule has 0 spiro atoms. The Morgan fingerprint density at radius 1 is 1.00 bits per heavy atom. The first-order valence-electron chi connectivity index (χ1n) is 11.2. The molecular weight excluding hydrogens is 397 g/mol. The van der Waals surface area contributed by atoms with Gasteiger partial charge in [0.2, 0.25) is 0 Å². The van der Waals surface area contributed by atoms with Crippen molar-refractivity contribution in [3.8, 4) is 11.1 Å². The smallest absolute Gasteiger partial charge is 0.534 e. The van der Waals surface area contributed by atoms with E-state index in [2.05, 4.69) is 66.2 Å². The number of H-pyrrole nitrogens is 1. The summed E-state index contributed by atoms with van der Waals surface area (Å²) in [5.74, 6) is 1.68. The highest BCUT2D eigenvalue weighted by molar-refractivity contribution is 6.62. The van der Waals surface area contributed by atoms with Gasteiger partial charge in [0.25, 0.3) is 0 Å². The molecule has 6 heteroatoms. The molecule has 162 valence electrons. The van der Waals surface area contributed by atoms with Gasteiger partial charge in [-0.2, -0.15) is 0 Å². The van der Waals surface area contributed by atoms with Gasteiger partial charge in [-0.15, -0.1) is 0 Å². The SMILES string of the molecule is C=C1OB(c2ccc3ccc(-c4ccc5nc(CCCCN)[nH]c5c4)cc3c2)OC1(C)C. The Balaban J connectivity index is 1.45. The van der Waals surface area contributed by atoms with Crippen molar-refractivity contribution in [2.75, 3.05) is 6.54 Å². The third-order valence-corrected chi connectivity index (χ3v) is 6.19. The molecule has 5 rings (SSSR count). The van der Waals surface area contributed by atoms with E-state index in [-0.39, 0.29) is 0 Å². The molecule has 1 aliphatic rings. The number of benzene rings is 3. The maximum absolute atomic E-state index is 6.06. The van der Waals surface area contributed by atoms with E-state index in [4.69, 9.17) is 20.0 Å². The lowest BCUT2D eigenvalue weighted by Gasteiger charge is -2.15. The van der Waals surface area contributed by atoms with Crippen LogP contribution in [0.25, 0.3) is 32.9 Å². The number of aromatic amines is 1. The van der Waals surface area contributed by atoms with E-state index in [1.165, 1.54) is 5.39 Å². The van der Waals surface area contributed by atoms with Crippen molar-refractivity contribution < 1.29 is 9.31 Å². The van der Waals surface area contributed by atoms with Gasteiger partial charge < -0.3 is 20.0 Å². The first-order chi connectivity index (χ1) is 15.4. The van der Waals surface area contributed by atoms with Crippen LogP contribution in [0.4, 0.5) is 0 Å². The summed E-state index contributed by atoms with van der Waals surface area (Å²) in [5.41, 5.74) is 10.5. The van der Waals surface area contributed by atoms with Crippen LogP contribution in [0.1, 0.15) is 32.5 Å². The molecule has 0 unspecified atom stereocenters. The van der Waals surface area contributed by atoms with Crippen molar-refractivity contribution in [3.05, 3.63) is 72.8 Å². The van der Waals surface area contributed by atoms with Crippen molar-refractivity contribution in [2.24, 2.45) is 5.73 Å². The van der Waals surface area contributed by atoms with Crippen LogP contribution in [0, 0.1) is 0 Å². The third kappa shape index (κ3) is 3.92. The number of unbranched alkanes of at least 4 members (excludes halogenated alkanes) is 1. The molecule has 2 heterocycles. The number of nitrogens with two attached hydrogens (primary N) is 1. The Labute approximate surface area is 188 Å². The Kier molecular flexibility index (Phi) is 5.27. The van der Waals surface area contributed by atoms with E-state index < -0.39 is 12.7 Å². The summed E-state index contributed by atoms with van der Waals surface area (Å²) in [6.07, 6.45) is 2.99. The van der Waals surface area contributed by atoms with Gasteiger partial charge in [-0.3, -0.25) is 0 Å². The van der Waals surface area contributed by atoms with E-state index in [9.17, 15) is 0 Å². The molecule has 0 atom stereocenters. The molecule has 0 amide bonds. The van der Waals surface area contributed by atoms with Gasteiger partial charge in [0.15, 0.2) is 0 Å². The summed E-state index contributed by atoms with van der Waals surface area (Å²) in [6.45, 7) is 8.66. The molecule has 32 heavy (non-hydrogen) atoms. The average molecular weight is 425 g/mol. The number of nitrogens with zero attached hydrogens (tertiary/aromatic N) is 1. The number of nitrogens with one attached hydrogen (secondary N) is 1. The van der Waals surface area contributed by atoms with E-state index in [0.29, 0.717) is 5.76 Å². The van der Waals surface area contributed by atoms with Gasteiger partial charge in [0.05, 0.1) is 16.8 Å². The fraction of sp³-hybridized carbons (Fsp3) is 0.269. The normalized spacial score (nSPS) is 15.6. The highest BCUT2D eigenvalue weighted by atomic mass is 16.7. The van der Waals surface area contributed by atoms with E-state index in [1.807, 2.05) is 13.8 Å². The lowest BCUT2D eigenvalue weighted by molar-refractivity contribution is 0.173. The number of imidazole rings is 1. The molecule has 0 radical (unpaired) electrons. The summed E-state index contributed by atoms with van der Waals surface area (Å²) in [6, 6.07) is 19.2. The number of fused-ring (bicyclic) bond motifs is 2. The zero-order chi connectivity index (χ0) is 22.3. The van der Waals surface area contributed by atoms with Crippen LogP contribution in [0.2, 0.25) is 0 Å². The fourth-order valence-electron chi connectivity index (χ4n) is 4.15. The van der Waals surface area contributed by atoms with Crippen molar-refractivity contribution in [1.82, 2.24) is 9.97 Å². The largest absolute Gasteiger partial charge is 0.563 e. The van der Waals surface area contributed by atoms with E-state index in [0.717, 1.165) is 64.6 Å². The minimum absolute atomic E-state index is 0.426. The summed E-state index contributed by atoms with van der Waals surface area (Å²) < 4.78 is 11.9. The second kappa shape index (κ2) is 8.12. The zero-order valence-electron chi connectivity index (χ0n) is 18.7. The second-order valence-corrected chi connectivity index (χ2v) is 8.98. The number of hydrogen-bond donors (Lipinski definition) is 2. The van der Waals surface area contributed by atoms with Gasteiger partial charge in [-0.05, 0) is 78.8 Å². The minimum atomic E-state index is -0.482. The predicted octanol–water partition coefficient (Wildman–Crippen LogP) is 4.70. The first-order valence-corrected chi connectivity index (χ1v) is 11.2. The van der Waals surface area contributed by atoms with Crippen molar-refractivity contribution in [1.29, 1.82) is 0 Å². The topological polar surface area (TPSA) is 73.2 Å². The van der Waals surface area contributed by atoms with Crippen LogP contribution in [-0.4, -0.2) is 29.2 Å². The molecule has 0 aliphatic carbocycles. The van der Waals surface area contributed by atoms with Crippen LogP contribution >= 0.6 is 0 Å². The van der Waals surface area contributed by atoms with Crippen LogP contribution in [0.3, 0.4) is 0 Å². The van der Waals surface area contributed by atoms with Crippen LogP contribution in [0.15, 0.2) is 66.9 Å². The standard InChI is InChI=1S/C26H28BN3O2/c1-17-26(2,3)32-27(31-17)22-11-9-18-7-8-19(14-21(18)15-22)20-10-12-23-24(16-20)30-25(29-23)6-4-5-13-28/h7-12,14-16H,1,4-6,13,28H2,2-3H3,(H,29,30). The summed E-state index contributed by atoms with van der Waals surface area (Å²) in [5, 5.41) is 2.33. The number of rotatable bonds is 6. The number of hydrogen-bond acceptors (Lipinski definition) is 4. The maximum atomic E-state index is 6.06. The first kappa shape index (κ1) is 20.8. The summed E-state index contributed by atoms with van der Waals surface area (Å²) >= 11 is 0. The Hall–Kier alpha value is -3.09. The van der Waals surface area contributed by atoms with Crippen LogP contribution in [0.5, 0.6) is 0 Å². The molecule has 3 aromatic carbocycles. The quantitative estimate of drug-likeness (QED) is 0.347. The molecular formula is C26H28BN3O2. The van der Waals surface area contributed by atoms with Crippen molar-refractivity contribution in [2.45, 2.75) is 38.7 Å². The van der Waals surface area contributed by atoms with E-state index >= 15 is 0 Å². The Bertz CT molecular complexity index is 1310. The second-order valence-electron chi connectivity index (χ2n) is 8.98. The maximum Gasteiger partial charge on any atom is 0.563 e. The molecule has 0 bridgehead atoms. The molecule has 5 nitrogen and oxygen atoms in total. The predicted molar refractivity (Wildman–Crippen MR) is 132 cm³/mol. The van der Waals surface area contributed by atoms with Crippen LogP contribution < -0.4 is 11.2 Å². The Morgan fingerprint density at radius 3 is 2.56 bits per heavy atom. The fourth-order valence-corrected chi connectivity index (χ4v) is 4.15. The number of aryl methyl sites for hydroxylation is 1. The molecule has 0 saturated carbocycles. The molecule has 4 aromatic rings. The molecule has 1 aliphatic heterocycles. The van der Waals surface area contributed by atoms with Gasteiger partial charge in [0, 0.05) is 6.42 Å². The van der Waals surface area contributed by atoms with Gasteiger partial charge in [-0.25, -0.2) is 4.98 Å². The molecule has 1 saturated heterocycles. The Morgan fingerprint density at radius 2 is 1.78 bits per heavy atom.